The molecule has 0 saturated heterocycles. The molecule has 12 heteroatoms. The smallest absolute Gasteiger partial charge is 0.408 e. The predicted molar refractivity (Wildman–Crippen MR) is 166 cm³/mol. The van der Waals surface area contributed by atoms with E-state index in [9.17, 15) is 28.9 Å². The minimum absolute atomic E-state index is 0.0108. The minimum atomic E-state index is -4.15. The number of phenolic OH excluding ortho intramolecular Hbond substituents is 1. The summed E-state index contributed by atoms with van der Waals surface area (Å²) >= 11 is 1.96. The van der Waals surface area contributed by atoms with Crippen molar-refractivity contribution in [2.75, 3.05) is 13.3 Å². The van der Waals surface area contributed by atoms with E-state index in [1.807, 2.05) is 34.7 Å². The number of esters is 1. The molecule has 4 N–H and O–H groups in total. The van der Waals surface area contributed by atoms with Crippen molar-refractivity contribution in [1.82, 2.24) is 10.6 Å². The van der Waals surface area contributed by atoms with Crippen LogP contribution in [0.2, 0.25) is 0 Å². The van der Waals surface area contributed by atoms with Crippen LogP contribution in [0, 0.1) is 9.49 Å². The summed E-state index contributed by atoms with van der Waals surface area (Å²) < 4.78 is 24.1. The van der Waals surface area contributed by atoms with Gasteiger partial charge in [-0.15, -0.1) is 0 Å². The lowest BCUT2D eigenvalue weighted by Gasteiger charge is -2.26. The van der Waals surface area contributed by atoms with Gasteiger partial charge in [-0.05, 0) is 64.8 Å². The molecule has 0 fully saturated rings. The highest BCUT2D eigenvalue weighted by atomic mass is 127. The van der Waals surface area contributed by atoms with E-state index in [-0.39, 0.29) is 25.2 Å². The molecule has 0 aliphatic heterocycles. The largest absolute Gasteiger partial charge is 0.507 e. The van der Waals surface area contributed by atoms with Gasteiger partial charge in [-0.2, -0.15) is 0 Å². The fourth-order valence-corrected chi connectivity index (χ4v) is 6.32. The maximum absolute atomic E-state index is 13.6. The van der Waals surface area contributed by atoms with Crippen LogP contribution >= 0.6 is 30.0 Å². The van der Waals surface area contributed by atoms with E-state index in [1.54, 1.807) is 60.7 Å². The molecular weight excluding hydrogens is 674 g/mol. The van der Waals surface area contributed by atoms with Crippen LogP contribution in [0.3, 0.4) is 0 Å². The molecule has 3 rings (SSSR count). The van der Waals surface area contributed by atoms with Crippen molar-refractivity contribution in [2.45, 2.75) is 38.2 Å². The number of methoxy groups -OCH3 is 1. The Balaban J connectivity index is 1.74. The fourth-order valence-electron chi connectivity index (χ4n) is 4.19. The highest BCUT2D eigenvalue weighted by Gasteiger charge is 2.36. The summed E-state index contributed by atoms with van der Waals surface area (Å²) in [7, 11) is -2.95. The number of hydrogen-bond donors (Lipinski definition) is 4. The van der Waals surface area contributed by atoms with Gasteiger partial charge in [0.15, 0.2) is 0 Å². The molecule has 2 amide bonds. The topological polar surface area (TPSA) is 151 Å². The van der Waals surface area contributed by atoms with Crippen molar-refractivity contribution in [3.8, 4) is 5.75 Å². The van der Waals surface area contributed by atoms with Gasteiger partial charge >= 0.3 is 12.1 Å². The van der Waals surface area contributed by atoms with Crippen molar-refractivity contribution in [2.24, 2.45) is 5.92 Å². The number of halogens is 1. The number of nitrogens with one attached hydrogen (secondary N) is 2. The predicted octanol–water partition coefficient (Wildman–Crippen LogP) is 4.60. The average Bonchev–Trinajstić information content (AvgIpc) is 2.97. The molecule has 1 unspecified atom stereocenters. The zero-order valence-electron chi connectivity index (χ0n) is 23.2. The number of aromatic hydroxyl groups is 1. The van der Waals surface area contributed by atoms with Crippen LogP contribution in [0.4, 0.5) is 4.79 Å². The first-order valence-electron chi connectivity index (χ1n) is 13.2. The number of rotatable bonds is 13. The monoisotopic (exact) mass is 708 g/mol. The SMILES string of the molecule is COC(=O)[C@H](Cc1ccc(O)c(I)c1)NC(=O)[C@H](Cc1ccccc1)CP(=O)(O)[C@H](C)NC(=O)OCc1ccccc1. The van der Waals surface area contributed by atoms with Crippen molar-refractivity contribution in [3.05, 3.63) is 99.1 Å². The first kappa shape index (κ1) is 33.1. The van der Waals surface area contributed by atoms with Gasteiger partial charge in [0.25, 0.3) is 0 Å². The number of carbonyl (C=O) groups excluding carboxylic acids is 3. The zero-order chi connectivity index (χ0) is 30.7. The number of ether oxygens (including phenoxy) is 2. The van der Waals surface area contributed by atoms with Gasteiger partial charge in [0.05, 0.1) is 16.6 Å². The second-order valence-corrected chi connectivity index (χ2v) is 13.6. The Hall–Kier alpha value is -3.41. The number of carbonyl (C=O) groups is 3. The molecule has 0 spiro atoms. The molecule has 224 valence electrons. The van der Waals surface area contributed by atoms with Crippen LogP contribution < -0.4 is 10.6 Å². The molecule has 4 atom stereocenters. The summed E-state index contributed by atoms with van der Waals surface area (Å²) in [4.78, 5) is 49.5. The lowest BCUT2D eigenvalue weighted by Crippen LogP contribution is -2.47. The lowest BCUT2D eigenvalue weighted by atomic mass is 9.99. The third-order valence-corrected chi connectivity index (χ3v) is 9.74. The molecular formula is C30H34IN2O8P. The maximum atomic E-state index is 13.6. The van der Waals surface area contributed by atoms with Crippen molar-refractivity contribution < 1.29 is 38.4 Å². The second-order valence-electron chi connectivity index (χ2n) is 9.78. The van der Waals surface area contributed by atoms with Crippen LogP contribution in [0.5, 0.6) is 5.75 Å². The van der Waals surface area contributed by atoms with E-state index in [0.29, 0.717) is 9.13 Å². The van der Waals surface area contributed by atoms with E-state index in [4.69, 9.17) is 9.47 Å². The van der Waals surface area contributed by atoms with Crippen LogP contribution in [-0.2, 0) is 43.1 Å². The normalized spacial score (nSPS) is 14.5. The molecule has 0 aliphatic carbocycles. The zero-order valence-corrected chi connectivity index (χ0v) is 26.3. The van der Waals surface area contributed by atoms with E-state index < -0.39 is 49.2 Å². The molecule has 0 heterocycles. The molecule has 0 aromatic heterocycles. The van der Waals surface area contributed by atoms with Gasteiger partial charge in [-0.3, -0.25) is 9.36 Å². The Morgan fingerprint density at radius 1 is 0.905 bits per heavy atom. The molecule has 10 nitrogen and oxygen atoms in total. The standard InChI is InChI=1S/C30H34IN2O8P/c1-20(32-30(37)41-18-22-11-7-4-8-12-22)42(38,39)19-24(15-21-9-5-3-6-10-21)28(35)33-26(29(36)40-2)17-23-13-14-27(34)25(31)16-23/h3-14,16,20,24,26,34H,15,17-19H2,1-2H3,(H,32,37)(H,33,35)(H,38,39)/t20-,24-,26+/m1/s1. The molecule has 0 saturated carbocycles. The number of hydrogen-bond acceptors (Lipinski definition) is 7. The van der Waals surface area contributed by atoms with E-state index in [2.05, 4.69) is 10.6 Å². The van der Waals surface area contributed by atoms with Crippen LogP contribution in [0.25, 0.3) is 0 Å². The molecule has 3 aromatic carbocycles. The van der Waals surface area contributed by atoms with Crippen molar-refractivity contribution in [1.29, 1.82) is 0 Å². The molecule has 3 aromatic rings. The maximum Gasteiger partial charge on any atom is 0.408 e. The Bertz CT molecular complexity index is 1410. The third-order valence-electron chi connectivity index (χ3n) is 6.58. The summed E-state index contributed by atoms with van der Waals surface area (Å²) in [5, 5.41) is 14.9. The second kappa shape index (κ2) is 15.7. The highest BCUT2D eigenvalue weighted by Crippen LogP contribution is 2.47. The number of benzene rings is 3. The molecule has 0 bridgehead atoms. The summed E-state index contributed by atoms with van der Waals surface area (Å²) in [6.45, 7) is 1.37. The van der Waals surface area contributed by atoms with Crippen LogP contribution in [0.1, 0.15) is 23.6 Å². The Labute approximate surface area is 258 Å². The molecule has 42 heavy (non-hydrogen) atoms. The molecule has 0 aliphatic rings. The first-order chi connectivity index (χ1) is 20.0. The summed E-state index contributed by atoms with van der Waals surface area (Å²) in [6, 6.07) is 21.7. The number of amides is 2. The highest BCUT2D eigenvalue weighted by molar-refractivity contribution is 14.1. The quantitative estimate of drug-likeness (QED) is 0.114. The van der Waals surface area contributed by atoms with Gasteiger partial charge in [-0.1, -0.05) is 66.7 Å². The van der Waals surface area contributed by atoms with Crippen LogP contribution in [0.15, 0.2) is 78.9 Å². The number of alkyl carbamates (subject to hydrolysis) is 1. The van der Waals surface area contributed by atoms with Gasteiger partial charge in [0.1, 0.15) is 24.2 Å². The third kappa shape index (κ3) is 10.1. The Kier molecular flexibility index (Phi) is 12.4. The van der Waals surface area contributed by atoms with Crippen LogP contribution in [-0.4, -0.2) is 53.1 Å². The van der Waals surface area contributed by atoms with Gasteiger partial charge in [-0.25, -0.2) is 9.59 Å². The summed E-state index contributed by atoms with van der Waals surface area (Å²) in [6.07, 6.45) is -1.12. The van der Waals surface area contributed by atoms with E-state index in [1.165, 1.54) is 20.1 Å². The van der Waals surface area contributed by atoms with Gasteiger partial charge in [0.2, 0.25) is 13.3 Å². The van der Waals surface area contributed by atoms with Gasteiger partial charge < -0.3 is 30.1 Å². The molecule has 0 radical (unpaired) electrons. The minimum Gasteiger partial charge on any atom is -0.507 e. The summed E-state index contributed by atoms with van der Waals surface area (Å²) in [5.41, 5.74) is 2.18. The lowest BCUT2D eigenvalue weighted by molar-refractivity contribution is -0.145. The first-order valence-corrected chi connectivity index (χ1v) is 16.2. The van der Waals surface area contributed by atoms with E-state index >= 15 is 0 Å². The van der Waals surface area contributed by atoms with Crippen molar-refractivity contribution >= 4 is 47.9 Å². The Morgan fingerprint density at radius 3 is 2.12 bits per heavy atom. The summed E-state index contributed by atoms with van der Waals surface area (Å²) in [5.74, 6) is -3.43. The van der Waals surface area contributed by atoms with E-state index in [0.717, 1.165) is 11.1 Å². The Morgan fingerprint density at radius 2 is 1.52 bits per heavy atom. The number of phenols is 1. The van der Waals surface area contributed by atoms with Gasteiger partial charge in [0, 0.05) is 12.6 Å². The van der Waals surface area contributed by atoms with Crippen molar-refractivity contribution in [3.63, 3.8) is 0 Å². The fraction of sp³-hybridized carbons (Fsp3) is 0.300. The average molecular weight is 708 g/mol.